The smallest absolute Gasteiger partial charge is 0.403 e. The van der Waals surface area contributed by atoms with Crippen molar-refractivity contribution in [1.29, 1.82) is 0 Å². The van der Waals surface area contributed by atoms with Gasteiger partial charge in [-0.1, -0.05) is 6.07 Å². The summed E-state index contributed by atoms with van der Waals surface area (Å²) in [5.41, 5.74) is 1.28. The Bertz CT molecular complexity index is 448. The monoisotopic (exact) mass is 373 g/mol. The average molecular weight is 373 g/mol. The first-order valence-corrected chi connectivity index (χ1v) is 6.09. The molecule has 100 valence electrons. The molecule has 18 heavy (non-hydrogen) atoms. The van der Waals surface area contributed by atoms with Crippen molar-refractivity contribution in [3.8, 4) is 0 Å². The van der Waals surface area contributed by atoms with Crippen LogP contribution < -0.4 is 5.32 Å². The topological polar surface area (TPSA) is 49.3 Å². The fourth-order valence-electron chi connectivity index (χ4n) is 1.34. The van der Waals surface area contributed by atoms with Crippen LogP contribution in [0.5, 0.6) is 0 Å². The molecule has 0 aliphatic heterocycles. The second kappa shape index (κ2) is 5.77. The van der Waals surface area contributed by atoms with Crippen molar-refractivity contribution in [2.45, 2.75) is 13.1 Å². The van der Waals surface area contributed by atoms with E-state index in [9.17, 15) is 18.0 Å². The molecule has 1 rings (SSSR count). The third kappa shape index (κ3) is 4.04. The van der Waals surface area contributed by atoms with Gasteiger partial charge in [0, 0.05) is 15.8 Å². The quantitative estimate of drug-likeness (QED) is 0.797. The van der Waals surface area contributed by atoms with Gasteiger partial charge in [0.05, 0.1) is 0 Å². The number of alkyl halides is 3. The number of carbonyl (C=O) groups is 1. The van der Waals surface area contributed by atoms with E-state index in [1.54, 1.807) is 19.1 Å². The molecule has 0 saturated heterocycles. The summed E-state index contributed by atoms with van der Waals surface area (Å²) < 4.78 is 38.2. The second-order valence-electron chi connectivity index (χ2n) is 3.77. The van der Waals surface area contributed by atoms with Gasteiger partial charge >= 0.3 is 12.1 Å². The van der Waals surface area contributed by atoms with Gasteiger partial charge in [-0.3, -0.25) is 4.79 Å². The Hall–Kier alpha value is -0.990. The summed E-state index contributed by atoms with van der Waals surface area (Å²) in [6.45, 7) is 1.06. The lowest BCUT2D eigenvalue weighted by Crippen LogP contribution is -2.36. The number of anilines is 1. The maximum absolute atomic E-state index is 12.4. The summed E-state index contributed by atoms with van der Waals surface area (Å²) >= 11 is 2.03. The molecule has 1 aromatic rings. The molecule has 1 atom stereocenters. The van der Waals surface area contributed by atoms with E-state index in [0.717, 1.165) is 9.13 Å². The van der Waals surface area contributed by atoms with Crippen LogP contribution in [0.3, 0.4) is 0 Å². The highest BCUT2D eigenvalue weighted by molar-refractivity contribution is 14.1. The fourth-order valence-corrected chi connectivity index (χ4v) is 1.83. The standard InChI is InChI=1S/C11H11F3INO2/c1-6-2-3-7(15)4-9(6)16-5-8(10(17)18)11(12,13)14/h2-4,8,16H,5H2,1H3,(H,17,18). The van der Waals surface area contributed by atoms with Crippen LogP contribution in [0.1, 0.15) is 5.56 Å². The maximum Gasteiger partial charge on any atom is 0.403 e. The number of aliphatic carboxylic acids is 1. The minimum Gasteiger partial charge on any atom is -0.481 e. The van der Waals surface area contributed by atoms with Crippen molar-refractivity contribution in [2.75, 3.05) is 11.9 Å². The van der Waals surface area contributed by atoms with Gasteiger partial charge in [0.1, 0.15) is 0 Å². The third-order valence-electron chi connectivity index (χ3n) is 2.39. The van der Waals surface area contributed by atoms with Crippen LogP contribution in [0.4, 0.5) is 18.9 Å². The van der Waals surface area contributed by atoms with Crippen LogP contribution in [0.25, 0.3) is 0 Å². The van der Waals surface area contributed by atoms with Crippen LogP contribution in [0.2, 0.25) is 0 Å². The largest absolute Gasteiger partial charge is 0.481 e. The maximum atomic E-state index is 12.4. The molecule has 7 heteroatoms. The average Bonchev–Trinajstić information content (AvgIpc) is 2.20. The zero-order chi connectivity index (χ0) is 13.9. The van der Waals surface area contributed by atoms with Gasteiger partial charge in [-0.15, -0.1) is 0 Å². The molecule has 0 radical (unpaired) electrons. The lowest BCUT2D eigenvalue weighted by atomic mass is 10.1. The molecule has 0 bridgehead atoms. The van der Waals surface area contributed by atoms with Crippen molar-refractivity contribution in [2.24, 2.45) is 5.92 Å². The molecule has 0 amide bonds. The number of hydrogen-bond donors (Lipinski definition) is 2. The van der Waals surface area contributed by atoms with Gasteiger partial charge in [0.25, 0.3) is 0 Å². The highest BCUT2D eigenvalue weighted by Gasteiger charge is 2.44. The van der Waals surface area contributed by atoms with Gasteiger partial charge in [0.2, 0.25) is 0 Å². The van der Waals surface area contributed by atoms with E-state index in [0.29, 0.717) is 5.69 Å². The van der Waals surface area contributed by atoms with E-state index in [2.05, 4.69) is 5.32 Å². The third-order valence-corrected chi connectivity index (χ3v) is 3.06. The molecule has 1 aromatic carbocycles. The number of aryl methyl sites for hydroxylation is 1. The molecule has 0 heterocycles. The zero-order valence-electron chi connectivity index (χ0n) is 9.38. The number of rotatable bonds is 4. The summed E-state index contributed by atoms with van der Waals surface area (Å²) in [4.78, 5) is 10.6. The first-order chi connectivity index (χ1) is 8.21. The van der Waals surface area contributed by atoms with Gasteiger partial charge in [-0.05, 0) is 47.2 Å². The molecule has 3 nitrogen and oxygen atoms in total. The first kappa shape index (κ1) is 15.1. The number of nitrogens with one attached hydrogen (secondary N) is 1. The van der Waals surface area contributed by atoms with E-state index in [-0.39, 0.29) is 0 Å². The lowest BCUT2D eigenvalue weighted by molar-refractivity contribution is -0.190. The van der Waals surface area contributed by atoms with Crippen LogP contribution in [-0.4, -0.2) is 23.8 Å². The highest BCUT2D eigenvalue weighted by atomic mass is 127. The number of hydrogen-bond acceptors (Lipinski definition) is 2. The summed E-state index contributed by atoms with van der Waals surface area (Å²) in [7, 11) is 0. The number of carboxylic acid groups (broad SMARTS) is 1. The zero-order valence-corrected chi connectivity index (χ0v) is 11.5. The summed E-state index contributed by atoms with van der Waals surface area (Å²) in [5.74, 6) is -4.28. The minimum absolute atomic E-state index is 0.511. The summed E-state index contributed by atoms with van der Waals surface area (Å²) in [5, 5.41) is 11.1. The molecular formula is C11H11F3INO2. The van der Waals surface area contributed by atoms with E-state index >= 15 is 0 Å². The number of benzene rings is 1. The molecular weight excluding hydrogens is 362 g/mol. The molecule has 2 N–H and O–H groups in total. The summed E-state index contributed by atoms with van der Waals surface area (Å²) in [6.07, 6.45) is -4.76. The van der Waals surface area contributed by atoms with Crippen LogP contribution in [0.15, 0.2) is 18.2 Å². The molecule has 0 saturated carbocycles. The highest BCUT2D eigenvalue weighted by Crippen LogP contribution is 2.27. The van der Waals surface area contributed by atoms with Crippen molar-refractivity contribution < 1.29 is 23.1 Å². The molecule has 0 fully saturated rings. The Morgan fingerprint density at radius 1 is 1.50 bits per heavy atom. The van der Waals surface area contributed by atoms with Crippen molar-refractivity contribution in [1.82, 2.24) is 0 Å². The van der Waals surface area contributed by atoms with Gasteiger partial charge in [0.15, 0.2) is 5.92 Å². The molecule has 1 unspecified atom stereocenters. The Morgan fingerprint density at radius 3 is 2.61 bits per heavy atom. The molecule has 0 aromatic heterocycles. The lowest BCUT2D eigenvalue weighted by Gasteiger charge is -2.18. The Labute approximate surface area is 116 Å². The Morgan fingerprint density at radius 2 is 2.11 bits per heavy atom. The normalized spacial score (nSPS) is 13.2. The van der Waals surface area contributed by atoms with E-state index < -0.39 is 24.6 Å². The predicted octanol–water partition coefficient (Wildman–Crippen LogP) is 3.27. The Kier molecular flexibility index (Phi) is 4.83. The van der Waals surface area contributed by atoms with E-state index in [1.807, 2.05) is 28.7 Å². The van der Waals surface area contributed by atoms with E-state index in [4.69, 9.17) is 5.11 Å². The molecule has 0 aliphatic carbocycles. The van der Waals surface area contributed by atoms with Crippen LogP contribution in [0, 0.1) is 16.4 Å². The Balaban J connectivity index is 2.79. The van der Waals surface area contributed by atoms with Crippen molar-refractivity contribution in [3.63, 3.8) is 0 Å². The molecule has 0 spiro atoms. The van der Waals surface area contributed by atoms with Gasteiger partial charge < -0.3 is 10.4 Å². The van der Waals surface area contributed by atoms with Gasteiger partial charge in [-0.2, -0.15) is 13.2 Å². The van der Waals surface area contributed by atoms with Crippen LogP contribution >= 0.6 is 22.6 Å². The van der Waals surface area contributed by atoms with E-state index in [1.165, 1.54) is 0 Å². The minimum atomic E-state index is -4.76. The number of halogens is 4. The predicted molar refractivity (Wildman–Crippen MR) is 69.6 cm³/mol. The van der Waals surface area contributed by atoms with Gasteiger partial charge in [-0.25, -0.2) is 0 Å². The summed E-state index contributed by atoms with van der Waals surface area (Å²) in [6, 6.07) is 5.25. The second-order valence-corrected chi connectivity index (χ2v) is 5.02. The SMILES string of the molecule is Cc1ccc(I)cc1NCC(C(=O)O)C(F)(F)F. The van der Waals surface area contributed by atoms with Crippen molar-refractivity contribution in [3.05, 3.63) is 27.3 Å². The number of carboxylic acids is 1. The van der Waals surface area contributed by atoms with Crippen molar-refractivity contribution >= 4 is 34.2 Å². The molecule has 0 aliphatic rings. The fraction of sp³-hybridized carbons (Fsp3) is 0.364. The van der Waals surface area contributed by atoms with Crippen LogP contribution in [-0.2, 0) is 4.79 Å². The first-order valence-electron chi connectivity index (χ1n) is 5.01.